The largest absolute Gasteiger partial charge is 0.325 e. The maximum atomic E-state index is 11.4. The second kappa shape index (κ2) is 5.06. The maximum Gasteiger partial charge on any atom is 0.325 e. The monoisotopic (exact) mass is 222 g/mol. The fourth-order valence-corrected chi connectivity index (χ4v) is 1.61. The zero-order valence-corrected chi connectivity index (χ0v) is 9.88. The van der Waals surface area contributed by atoms with Crippen molar-refractivity contribution in [2.45, 2.75) is 40.0 Å². The van der Waals surface area contributed by atoms with Crippen LogP contribution in [-0.4, -0.2) is 21.7 Å². The van der Waals surface area contributed by atoms with E-state index in [-0.39, 0.29) is 17.4 Å². The molecule has 84 valence electrons. The third-order valence-electron chi connectivity index (χ3n) is 1.94. The molecule has 0 radical (unpaired) electrons. The van der Waals surface area contributed by atoms with Gasteiger partial charge in [0.05, 0.1) is 0 Å². The standard InChI is InChI=1S/C9H19O4P/c1-9(2,3)8(10)6-4-5-7-14(11,12)13/h4-7H2,1-3H3,(H2,11,12,13). The summed E-state index contributed by atoms with van der Waals surface area (Å²) in [6, 6.07) is 0. The summed E-state index contributed by atoms with van der Waals surface area (Å²) in [6.07, 6.45) is 1.25. The van der Waals surface area contributed by atoms with E-state index in [1.165, 1.54) is 0 Å². The Hall–Kier alpha value is -0.180. The van der Waals surface area contributed by atoms with Gasteiger partial charge in [-0.3, -0.25) is 9.36 Å². The van der Waals surface area contributed by atoms with Crippen LogP contribution in [0.25, 0.3) is 0 Å². The van der Waals surface area contributed by atoms with E-state index in [0.717, 1.165) is 0 Å². The molecule has 0 heterocycles. The zero-order chi connectivity index (χ0) is 11.4. The van der Waals surface area contributed by atoms with Crippen LogP contribution >= 0.6 is 7.60 Å². The van der Waals surface area contributed by atoms with Gasteiger partial charge in [-0.05, 0) is 12.8 Å². The van der Waals surface area contributed by atoms with E-state index in [2.05, 4.69) is 0 Å². The third kappa shape index (κ3) is 7.25. The number of ketones is 1. The number of hydrogen-bond donors (Lipinski definition) is 2. The average molecular weight is 222 g/mol. The van der Waals surface area contributed by atoms with Gasteiger partial charge in [0, 0.05) is 18.0 Å². The van der Waals surface area contributed by atoms with Crippen LogP contribution in [0.3, 0.4) is 0 Å². The fraction of sp³-hybridized carbons (Fsp3) is 0.889. The maximum absolute atomic E-state index is 11.4. The van der Waals surface area contributed by atoms with E-state index in [0.29, 0.717) is 19.3 Å². The topological polar surface area (TPSA) is 74.6 Å². The highest BCUT2D eigenvalue weighted by Crippen LogP contribution is 2.35. The van der Waals surface area contributed by atoms with Gasteiger partial charge >= 0.3 is 7.60 Å². The molecule has 0 aromatic rings. The van der Waals surface area contributed by atoms with E-state index in [4.69, 9.17) is 9.79 Å². The van der Waals surface area contributed by atoms with Crippen LogP contribution in [-0.2, 0) is 9.36 Å². The summed E-state index contributed by atoms with van der Waals surface area (Å²) in [7, 11) is -3.88. The van der Waals surface area contributed by atoms with Crippen LogP contribution in [0, 0.1) is 5.41 Å². The van der Waals surface area contributed by atoms with Crippen LogP contribution < -0.4 is 0 Å². The summed E-state index contributed by atoms with van der Waals surface area (Å²) in [5.41, 5.74) is -0.345. The molecule has 0 atom stereocenters. The van der Waals surface area contributed by atoms with E-state index < -0.39 is 7.60 Å². The van der Waals surface area contributed by atoms with Gasteiger partial charge < -0.3 is 9.79 Å². The number of hydrogen-bond acceptors (Lipinski definition) is 2. The molecule has 0 saturated heterocycles. The van der Waals surface area contributed by atoms with Crippen LogP contribution in [0.2, 0.25) is 0 Å². The van der Waals surface area contributed by atoms with Crippen molar-refractivity contribution in [3.8, 4) is 0 Å². The Morgan fingerprint density at radius 1 is 1.21 bits per heavy atom. The molecule has 0 unspecified atom stereocenters. The highest BCUT2D eigenvalue weighted by Gasteiger charge is 2.20. The van der Waals surface area contributed by atoms with Crippen molar-refractivity contribution in [2.24, 2.45) is 5.41 Å². The van der Waals surface area contributed by atoms with Gasteiger partial charge in [-0.15, -0.1) is 0 Å². The number of carbonyl (C=O) groups excluding carboxylic acids is 1. The van der Waals surface area contributed by atoms with Crippen molar-refractivity contribution < 1.29 is 19.1 Å². The number of unbranched alkanes of at least 4 members (excludes halogenated alkanes) is 1. The lowest BCUT2D eigenvalue weighted by Gasteiger charge is -2.16. The molecule has 0 bridgehead atoms. The second-order valence-corrected chi connectivity index (χ2v) is 6.30. The Labute approximate surface area is 84.9 Å². The van der Waals surface area contributed by atoms with Crippen LogP contribution in [0.5, 0.6) is 0 Å². The Morgan fingerprint density at radius 3 is 2.07 bits per heavy atom. The lowest BCUT2D eigenvalue weighted by molar-refractivity contribution is -0.126. The number of carbonyl (C=O) groups is 1. The van der Waals surface area contributed by atoms with Gasteiger partial charge in [-0.1, -0.05) is 20.8 Å². The number of Topliss-reactive ketones (excluding diaryl/α,β-unsaturated/α-hetero) is 1. The minimum atomic E-state index is -3.88. The minimum Gasteiger partial charge on any atom is -0.324 e. The first-order valence-corrected chi connectivity index (χ1v) is 6.50. The molecule has 2 N–H and O–H groups in total. The van der Waals surface area contributed by atoms with Gasteiger partial charge in [-0.2, -0.15) is 0 Å². The van der Waals surface area contributed by atoms with Crippen molar-refractivity contribution >= 4 is 13.4 Å². The summed E-state index contributed by atoms with van der Waals surface area (Å²) in [5, 5.41) is 0. The Bertz CT molecular complexity index is 236. The molecule has 14 heavy (non-hydrogen) atoms. The Morgan fingerprint density at radius 2 is 1.71 bits per heavy atom. The van der Waals surface area contributed by atoms with Crippen LogP contribution in [0.15, 0.2) is 0 Å². The molecule has 5 heteroatoms. The molecule has 0 aliphatic heterocycles. The molecule has 0 aliphatic carbocycles. The van der Waals surface area contributed by atoms with E-state index in [1.807, 2.05) is 20.8 Å². The zero-order valence-electron chi connectivity index (χ0n) is 8.99. The summed E-state index contributed by atoms with van der Waals surface area (Å²) < 4.78 is 10.5. The fourth-order valence-electron chi connectivity index (χ4n) is 0.978. The smallest absolute Gasteiger partial charge is 0.324 e. The van der Waals surface area contributed by atoms with Crippen molar-refractivity contribution in [1.29, 1.82) is 0 Å². The molecule has 0 saturated carbocycles. The quantitative estimate of drug-likeness (QED) is 0.550. The van der Waals surface area contributed by atoms with Gasteiger partial charge in [0.25, 0.3) is 0 Å². The highest BCUT2D eigenvalue weighted by molar-refractivity contribution is 7.51. The lowest BCUT2D eigenvalue weighted by Crippen LogP contribution is -2.19. The van der Waals surface area contributed by atoms with Gasteiger partial charge in [0.1, 0.15) is 5.78 Å². The van der Waals surface area contributed by atoms with E-state index >= 15 is 0 Å². The SMILES string of the molecule is CC(C)(C)C(=O)CCCCP(=O)(O)O. The van der Waals surface area contributed by atoms with Gasteiger partial charge in [-0.25, -0.2) is 0 Å². The van der Waals surface area contributed by atoms with Crippen molar-refractivity contribution in [2.75, 3.05) is 6.16 Å². The second-order valence-electron chi connectivity index (χ2n) is 4.52. The highest BCUT2D eigenvalue weighted by atomic mass is 31.2. The molecular formula is C9H19O4P. The molecule has 0 spiro atoms. The summed E-state index contributed by atoms with van der Waals surface area (Å²) >= 11 is 0. The predicted molar refractivity (Wildman–Crippen MR) is 55.2 cm³/mol. The average Bonchev–Trinajstić information content (AvgIpc) is 1.93. The molecule has 4 nitrogen and oxygen atoms in total. The van der Waals surface area contributed by atoms with Gasteiger partial charge in [0.2, 0.25) is 0 Å². The Balaban J connectivity index is 3.67. The molecule has 0 aromatic heterocycles. The molecule has 0 rings (SSSR count). The van der Waals surface area contributed by atoms with Gasteiger partial charge in [0.15, 0.2) is 0 Å². The van der Waals surface area contributed by atoms with Crippen LogP contribution in [0.4, 0.5) is 0 Å². The molecule has 0 fully saturated rings. The van der Waals surface area contributed by atoms with Crippen LogP contribution in [0.1, 0.15) is 40.0 Å². The van der Waals surface area contributed by atoms with Crippen molar-refractivity contribution in [1.82, 2.24) is 0 Å². The first-order valence-electron chi connectivity index (χ1n) is 4.71. The van der Waals surface area contributed by atoms with Crippen molar-refractivity contribution in [3.63, 3.8) is 0 Å². The predicted octanol–water partition coefficient (Wildman–Crippen LogP) is 1.95. The molecule has 0 aromatic carbocycles. The molecule has 0 amide bonds. The minimum absolute atomic E-state index is 0.121. The normalized spacial score (nSPS) is 12.9. The third-order valence-corrected chi connectivity index (χ3v) is 2.84. The lowest BCUT2D eigenvalue weighted by atomic mass is 9.88. The van der Waals surface area contributed by atoms with E-state index in [1.54, 1.807) is 0 Å². The molecular weight excluding hydrogens is 203 g/mol. The summed E-state index contributed by atoms with van der Waals surface area (Å²) in [4.78, 5) is 28.5. The summed E-state index contributed by atoms with van der Waals surface area (Å²) in [6.45, 7) is 5.54. The molecule has 0 aliphatic rings. The Kier molecular flexibility index (Phi) is 4.99. The van der Waals surface area contributed by atoms with Crippen molar-refractivity contribution in [3.05, 3.63) is 0 Å². The van der Waals surface area contributed by atoms with E-state index in [9.17, 15) is 9.36 Å². The number of rotatable bonds is 5. The summed E-state index contributed by atoms with van der Waals surface area (Å²) in [5.74, 6) is 0.142. The first kappa shape index (κ1) is 13.8. The first-order chi connectivity index (χ1) is 6.13.